The second-order valence-corrected chi connectivity index (χ2v) is 7.73. The number of carbonyl (C=O) groups is 1. The number of aliphatic hydroxyl groups excluding tert-OH is 1. The van der Waals surface area contributed by atoms with Crippen LogP contribution in [0.3, 0.4) is 0 Å². The first kappa shape index (κ1) is 18.0. The van der Waals surface area contributed by atoms with Gasteiger partial charge in [-0.1, -0.05) is 42.6 Å². The second-order valence-electron chi connectivity index (χ2n) is 7.30. The minimum atomic E-state index is -0.216. The number of pyridine rings is 1. The molecule has 0 spiro atoms. The molecular formula is C21H22ClN3O2. The van der Waals surface area contributed by atoms with Gasteiger partial charge in [-0.3, -0.25) is 9.20 Å². The summed E-state index contributed by atoms with van der Waals surface area (Å²) < 4.78 is 1.90. The lowest BCUT2D eigenvalue weighted by Gasteiger charge is -2.26. The van der Waals surface area contributed by atoms with Crippen LogP contribution in [0.1, 0.15) is 36.2 Å². The SMILES string of the molecule is O=C(NCC1(CO)CCCC1)c1nc(-c2cccc(Cl)c2)n2ccccc12. The number of nitrogens with one attached hydrogen (secondary N) is 1. The maximum absolute atomic E-state index is 12.9. The number of benzene rings is 1. The molecule has 0 saturated heterocycles. The molecule has 0 radical (unpaired) electrons. The van der Waals surface area contributed by atoms with E-state index in [9.17, 15) is 9.90 Å². The summed E-state index contributed by atoms with van der Waals surface area (Å²) in [5.74, 6) is 0.461. The van der Waals surface area contributed by atoms with Crippen LogP contribution in [0.2, 0.25) is 5.02 Å². The van der Waals surface area contributed by atoms with Gasteiger partial charge < -0.3 is 10.4 Å². The molecular weight excluding hydrogens is 362 g/mol. The van der Waals surface area contributed by atoms with E-state index < -0.39 is 0 Å². The summed E-state index contributed by atoms with van der Waals surface area (Å²) >= 11 is 6.13. The number of aromatic nitrogens is 2. The number of rotatable bonds is 5. The molecule has 1 amide bonds. The van der Waals surface area contributed by atoms with Gasteiger partial charge in [0.05, 0.1) is 12.1 Å². The summed E-state index contributed by atoms with van der Waals surface area (Å²) in [7, 11) is 0. The molecule has 0 unspecified atom stereocenters. The zero-order valence-corrected chi connectivity index (χ0v) is 15.7. The molecule has 5 nitrogen and oxygen atoms in total. The zero-order chi connectivity index (χ0) is 18.9. The molecule has 0 aliphatic heterocycles. The molecule has 140 valence electrons. The quantitative estimate of drug-likeness (QED) is 0.701. The second kappa shape index (κ2) is 7.33. The number of aliphatic hydroxyl groups is 1. The van der Waals surface area contributed by atoms with Gasteiger partial charge in [-0.2, -0.15) is 0 Å². The van der Waals surface area contributed by atoms with Crippen molar-refractivity contribution in [2.24, 2.45) is 5.41 Å². The Hall–Kier alpha value is -2.37. The lowest BCUT2D eigenvalue weighted by atomic mass is 9.87. The van der Waals surface area contributed by atoms with Gasteiger partial charge in [0.2, 0.25) is 0 Å². The normalized spacial score (nSPS) is 15.9. The zero-order valence-electron chi connectivity index (χ0n) is 15.0. The fraction of sp³-hybridized carbons (Fsp3) is 0.333. The van der Waals surface area contributed by atoms with E-state index in [1.165, 1.54) is 0 Å². The monoisotopic (exact) mass is 383 g/mol. The standard InChI is InChI=1S/C21H22ClN3O2/c22-16-7-5-6-15(12-16)19-24-18(17-8-1-4-11-25(17)19)20(27)23-13-21(14-26)9-2-3-10-21/h1,4-8,11-12,26H,2-3,9-10,13-14H2,(H,23,27). The average molecular weight is 384 g/mol. The number of amides is 1. The Morgan fingerprint density at radius 1 is 1.22 bits per heavy atom. The van der Waals surface area contributed by atoms with Crippen LogP contribution >= 0.6 is 11.6 Å². The van der Waals surface area contributed by atoms with Gasteiger partial charge in [-0.15, -0.1) is 0 Å². The van der Waals surface area contributed by atoms with Gasteiger partial charge in [0.15, 0.2) is 5.69 Å². The molecule has 0 atom stereocenters. The number of halogens is 1. The third-order valence-electron chi connectivity index (χ3n) is 5.47. The van der Waals surface area contributed by atoms with Crippen LogP contribution in [-0.4, -0.2) is 33.6 Å². The summed E-state index contributed by atoms with van der Waals surface area (Å²) in [6.07, 6.45) is 5.98. The highest BCUT2D eigenvalue weighted by Gasteiger charge is 2.34. The fourth-order valence-corrected chi connectivity index (χ4v) is 4.09. The van der Waals surface area contributed by atoms with E-state index in [1.807, 2.05) is 53.1 Å². The summed E-state index contributed by atoms with van der Waals surface area (Å²) in [5, 5.41) is 13.4. The Labute approximate surface area is 163 Å². The Morgan fingerprint density at radius 2 is 2.04 bits per heavy atom. The van der Waals surface area contributed by atoms with Crippen LogP contribution in [0.4, 0.5) is 0 Å². The van der Waals surface area contributed by atoms with Crippen LogP contribution in [0, 0.1) is 5.41 Å². The van der Waals surface area contributed by atoms with Crippen molar-refractivity contribution in [3.05, 3.63) is 59.4 Å². The molecule has 3 aromatic rings. The summed E-state index contributed by atoms with van der Waals surface area (Å²) in [5.41, 5.74) is 1.79. The van der Waals surface area contributed by atoms with E-state index >= 15 is 0 Å². The molecule has 27 heavy (non-hydrogen) atoms. The lowest BCUT2D eigenvalue weighted by molar-refractivity contribution is 0.0878. The molecule has 1 aliphatic carbocycles. The Balaban J connectivity index is 1.67. The molecule has 6 heteroatoms. The van der Waals surface area contributed by atoms with E-state index in [0.717, 1.165) is 36.8 Å². The van der Waals surface area contributed by atoms with Crippen molar-refractivity contribution in [3.63, 3.8) is 0 Å². The van der Waals surface area contributed by atoms with Crippen molar-refractivity contribution in [1.82, 2.24) is 14.7 Å². The molecule has 0 bridgehead atoms. The molecule has 2 aromatic heterocycles. The van der Waals surface area contributed by atoms with Crippen molar-refractivity contribution in [1.29, 1.82) is 0 Å². The number of imidazole rings is 1. The van der Waals surface area contributed by atoms with Crippen molar-refractivity contribution in [2.45, 2.75) is 25.7 Å². The molecule has 2 N–H and O–H groups in total. The van der Waals surface area contributed by atoms with Crippen molar-refractivity contribution in [3.8, 4) is 11.4 Å². The highest BCUT2D eigenvalue weighted by atomic mass is 35.5. The van der Waals surface area contributed by atoms with Crippen molar-refractivity contribution in [2.75, 3.05) is 13.2 Å². The predicted molar refractivity (Wildman–Crippen MR) is 106 cm³/mol. The molecule has 1 aliphatic rings. The first-order valence-corrected chi connectivity index (χ1v) is 9.62. The highest BCUT2D eigenvalue weighted by molar-refractivity contribution is 6.30. The third kappa shape index (κ3) is 3.45. The largest absolute Gasteiger partial charge is 0.396 e. The number of fused-ring (bicyclic) bond motifs is 1. The smallest absolute Gasteiger partial charge is 0.272 e. The first-order chi connectivity index (χ1) is 13.1. The minimum absolute atomic E-state index is 0.102. The van der Waals surface area contributed by atoms with E-state index in [1.54, 1.807) is 0 Å². The number of carbonyl (C=O) groups excluding carboxylic acids is 1. The number of hydrogen-bond donors (Lipinski definition) is 2. The van der Waals surface area contributed by atoms with Gasteiger partial charge in [-0.25, -0.2) is 4.98 Å². The summed E-state index contributed by atoms with van der Waals surface area (Å²) in [6, 6.07) is 13.1. The Bertz CT molecular complexity index is 976. The average Bonchev–Trinajstić information content (AvgIpc) is 3.32. The maximum Gasteiger partial charge on any atom is 0.272 e. The van der Waals surface area contributed by atoms with E-state index in [4.69, 9.17) is 11.6 Å². The van der Waals surface area contributed by atoms with Crippen LogP contribution in [0.15, 0.2) is 48.7 Å². The van der Waals surface area contributed by atoms with Gasteiger partial charge >= 0.3 is 0 Å². The van der Waals surface area contributed by atoms with Crippen LogP contribution < -0.4 is 5.32 Å². The van der Waals surface area contributed by atoms with Crippen LogP contribution in [0.25, 0.3) is 16.9 Å². The van der Waals surface area contributed by atoms with Gasteiger partial charge in [0, 0.05) is 28.7 Å². The van der Waals surface area contributed by atoms with Crippen molar-refractivity contribution >= 4 is 23.0 Å². The Morgan fingerprint density at radius 3 is 2.78 bits per heavy atom. The molecule has 1 aromatic carbocycles. The molecule has 2 heterocycles. The Kier molecular flexibility index (Phi) is 4.89. The topological polar surface area (TPSA) is 66.6 Å². The highest BCUT2D eigenvalue weighted by Crippen LogP contribution is 2.37. The van der Waals surface area contributed by atoms with Gasteiger partial charge in [-0.05, 0) is 37.1 Å². The maximum atomic E-state index is 12.9. The fourth-order valence-electron chi connectivity index (χ4n) is 3.90. The van der Waals surface area contributed by atoms with Crippen LogP contribution in [-0.2, 0) is 0 Å². The van der Waals surface area contributed by atoms with Gasteiger partial charge in [0.1, 0.15) is 5.82 Å². The molecule has 1 fully saturated rings. The summed E-state index contributed by atoms with van der Waals surface area (Å²) in [6.45, 7) is 0.575. The van der Waals surface area contributed by atoms with E-state index in [-0.39, 0.29) is 17.9 Å². The minimum Gasteiger partial charge on any atom is -0.396 e. The van der Waals surface area contributed by atoms with Crippen molar-refractivity contribution < 1.29 is 9.90 Å². The van der Waals surface area contributed by atoms with E-state index in [2.05, 4.69) is 10.3 Å². The third-order valence-corrected chi connectivity index (χ3v) is 5.70. The lowest BCUT2D eigenvalue weighted by Crippen LogP contribution is -2.38. The first-order valence-electron chi connectivity index (χ1n) is 9.24. The van der Waals surface area contributed by atoms with Gasteiger partial charge in [0.25, 0.3) is 5.91 Å². The van der Waals surface area contributed by atoms with E-state index in [0.29, 0.717) is 23.1 Å². The number of nitrogens with zero attached hydrogens (tertiary/aromatic N) is 2. The van der Waals surface area contributed by atoms with Crippen LogP contribution in [0.5, 0.6) is 0 Å². The predicted octanol–water partition coefficient (Wildman–Crippen LogP) is 3.94. The molecule has 4 rings (SSSR count). The number of hydrogen-bond acceptors (Lipinski definition) is 3. The summed E-state index contributed by atoms with van der Waals surface area (Å²) in [4.78, 5) is 17.5. The molecule has 1 saturated carbocycles.